The number of unbranched alkanes of at least 4 members (excludes halogenated alkanes) is 2. The van der Waals surface area contributed by atoms with Crippen LogP contribution in [-0.4, -0.2) is 5.38 Å². The molecule has 0 spiro atoms. The first kappa shape index (κ1) is 12.0. The minimum absolute atomic E-state index is 0.469. The summed E-state index contributed by atoms with van der Waals surface area (Å²) in [6, 6.07) is 10.8. The van der Waals surface area contributed by atoms with Crippen molar-refractivity contribution >= 4 is 11.6 Å². The Kier molecular flexibility index (Phi) is 4.71. The van der Waals surface area contributed by atoms with Gasteiger partial charge in [0.2, 0.25) is 0 Å². The molecule has 0 amide bonds. The second kappa shape index (κ2) is 6.30. The van der Waals surface area contributed by atoms with Crippen molar-refractivity contribution in [1.29, 1.82) is 0 Å². The van der Waals surface area contributed by atoms with Crippen molar-refractivity contribution in [3.05, 3.63) is 35.9 Å². The van der Waals surface area contributed by atoms with E-state index in [1.165, 1.54) is 50.5 Å². The fourth-order valence-electron chi connectivity index (χ4n) is 2.18. The number of hydrogen-bond acceptors (Lipinski definition) is 0. The third-order valence-corrected chi connectivity index (χ3v) is 4.00. The SMILES string of the molecule is ClC(CCCCCc1ccccc1)C1CC1. The second-order valence-electron chi connectivity index (χ2n) is 4.94. The van der Waals surface area contributed by atoms with Crippen molar-refractivity contribution in [2.24, 2.45) is 5.92 Å². The topological polar surface area (TPSA) is 0 Å². The van der Waals surface area contributed by atoms with Gasteiger partial charge in [-0.1, -0.05) is 43.2 Å². The average molecular weight is 237 g/mol. The molecule has 0 nitrogen and oxygen atoms in total. The first-order valence-electron chi connectivity index (χ1n) is 6.54. The summed E-state index contributed by atoms with van der Waals surface area (Å²) < 4.78 is 0. The maximum atomic E-state index is 6.27. The lowest BCUT2D eigenvalue weighted by atomic mass is 10.0. The number of aryl methyl sites for hydroxylation is 1. The summed E-state index contributed by atoms with van der Waals surface area (Å²) in [4.78, 5) is 0. The molecule has 0 aromatic heterocycles. The number of rotatable bonds is 7. The molecule has 1 aliphatic rings. The van der Waals surface area contributed by atoms with Crippen LogP contribution in [-0.2, 0) is 6.42 Å². The maximum Gasteiger partial charge on any atom is 0.0364 e. The molecule has 1 fully saturated rings. The van der Waals surface area contributed by atoms with Gasteiger partial charge in [0, 0.05) is 5.38 Å². The van der Waals surface area contributed by atoms with Crippen LogP contribution in [0.2, 0.25) is 0 Å². The molecule has 1 saturated carbocycles. The lowest BCUT2D eigenvalue weighted by Gasteiger charge is -2.07. The van der Waals surface area contributed by atoms with Crippen molar-refractivity contribution in [1.82, 2.24) is 0 Å². The van der Waals surface area contributed by atoms with Crippen LogP contribution in [0.1, 0.15) is 44.1 Å². The van der Waals surface area contributed by atoms with E-state index in [2.05, 4.69) is 30.3 Å². The molecular formula is C15H21Cl. The Morgan fingerprint density at radius 3 is 2.50 bits per heavy atom. The minimum Gasteiger partial charge on any atom is -0.123 e. The Labute approximate surface area is 104 Å². The monoisotopic (exact) mass is 236 g/mol. The Balaban J connectivity index is 1.52. The predicted molar refractivity (Wildman–Crippen MR) is 71.0 cm³/mol. The molecule has 1 aliphatic carbocycles. The fraction of sp³-hybridized carbons (Fsp3) is 0.600. The summed E-state index contributed by atoms with van der Waals surface area (Å²) in [7, 11) is 0. The van der Waals surface area contributed by atoms with Gasteiger partial charge in [-0.3, -0.25) is 0 Å². The highest BCUT2D eigenvalue weighted by Crippen LogP contribution is 2.37. The molecule has 0 radical (unpaired) electrons. The van der Waals surface area contributed by atoms with Gasteiger partial charge in [0.05, 0.1) is 0 Å². The molecule has 1 aromatic rings. The minimum atomic E-state index is 0.469. The fourth-order valence-corrected chi connectivity index (χ4v) is 2.59. The van der Waals surface area contributed by atoms with Crippen molar-refractivity contribution in [3.63, 3.8) is 0 Å². The molecule has 1 unspecified atom stereocenters. The molecule has 2 rings (SSSR count). The number of hydrogen-bond donors (Lipinski definition) is 0. The molecule has 1 aromatic carbocycles. The van der Waals surface area contributed by atoms with Crippen LogP contribution in [0.3, 0.4) is 0 Å². The number of benzene rings is 1. The zero-order valence-electron chi connectivity index (χ0n) is 9.87. The highest BCUT2D eigenvalue weighted by Gasteiger charge is 2.28. The van der Waals surface area contributed by atoms with Crippen molar-refractivity contribution in [3.8, 4) is 0 Å². The Bertz CT molecular complexity index is 290. The van der Waals surface area contributed by atoms with Crippen molar-refractivity contribution < 1.29 is 0 Å². The van der Waals surface area contributed by atoms with Crippen molar-refractivity contribution in [2.45, 2.75) is 50.3 Å². The molecule has 0 aliphatic heterocycles. The van der Waals surface area contributed by atoms with E-state index in [1.54, 1.807) is 0 Å². The van der Waals surface area contributed by atoms with Gasteiger partial charge in [-0.25, -0.2) is 0 Å². The van der Waals surface area contributed by atoms with Crippen LogP contribution >= 0.6 is 11.6 Å². The smallest absolute Gasteiger partial charge is 0.0364 e. The Morgan fingerprint density at radius 1 is 1.06 bits per heavy atom. The van der Waals surface area contributed by atoms with E-state index >= 15 is 0 Å². The Morgan fingerprint density at radius 2 is 1.81 bits per heavy atom. The molecule has 0 saturated heterocycles. The van der Waals surface area contributed by atoms with Crippen LogP contribution in [0.5, 0.6) is 0 Å². The zero-order valence-corrected chi connectivity index (χ0v) is 10.6. The van der Waals surface area contributed by atoms with Gasteiger partial charge in [-0.05, 0) is 43.6 Å². The summed E-state index contributed by atoms with van der Waals surface area (Å²) in [6.45, 7) is 0. The summed E-state index contributed by atoms with van der Waals surface area (Å²) >= 11 is 6.27. The van der Waals surface area contributed by atoms with E-state index in [4.69, 9.17) is 11.6 Å². The molecular weight excluding hydrogens is 216 g/mol. The van der Waals surface area contributed by atoms with Crippen LogP contribution < -0.4 is 0 Å². The first-order valence-corrected chi connectivity index (χ1v) is 6.98. The predicted octanol–water partition coefficient (Wildman–Crippen LogP) is 4.81. The highest BCUT2D eigenvalue weighted by atomic mass is 35.5. The lowest BCUT2D eigenvalue weighted by molar-refractivity contribution is 0.591. The normalized spacial score (nSPS) is 17.3. The van der Waals surface area contributed by atoms with Crippen LogP contribution in [0.15, 0.2) is 30.3 Å². The van der Waals surface area contributed by atoms with Gasteiger partial charge >= 0.3 is 0 Å². The summed E-state index contributed by atoms with van der Waals surface area (Å²) in [5.41, 5.74) is 1.46. The molecule has 16 heavy (non-hydrogen) atoms. The van der Waals surface area contributed by atoms with Crippen LogP contribution in [0.4, 0.5) is 0 Å². The molecule has 1 atom stereocenters. The van der Waals surface area contributed by atoms with E-state index in [9.17, 15) is 0 Å². The van der Waals surface area contributed by atoms with E-state index in [-0.39, 0.29) is 0 Å². The van der Waals surface area contributed by atoms with E-state index in [0.29, 0.717) is 5.38 Å². The van der Waals surface area contributed by atoms with Gasteiger partial charge in [-0.2, -0.15) is 0 Å². The van der Waals surface area contributed by atoms with E-state index in [1.807, 2.05) is 0 Å². The van der Waals surface area contributed by atoms with E-state index < -0.39 is 0 Å². The van der Waals surface area contributed by atoms with Crippen LogP contribution in [0, 0.1) is 5.92 Å². The molecule has 0 heterocycles. The third-order valence-electron chi connectivity index (χ3n) is 3.42. The Hall–Kier alpha value is -0.490. The van der Waals surface area contributed by atoms with Gasteiger partial charge < -0.3 is 0 Å². The molecule has 1 heteroatoms. The largest absolute Gasteiger partial charge is 0.123 e. The number of halogens is 1. The molecule has 0 bridgehead atoms. The van der Waals surface area contributed by atoms with E-state index in [0.717, 1.165) is 5.92 Å². The lowest BCUT2D eigenvalue weighted by Crippen LogP contribution is -2.00. The summed E-state index contributed by atoms with van der Waals surface area (Å²) in [5.74, 6) is 0.857. The average Bonchev–Trinajstić information content (AvgIpc) is 3.13. The van der Waals surface area contributed by atoms with Crippen LogP contribution in [0.25, 0.3) is 0 Å². The van der Waals surface area contributed by atoms with Gasteiger partial charge in [0.1, 0.15) is 0 Å². The molecule has 88 valence electrons. The number of alkyl halides is 1. The standard InChI is InChI=1S/C15H21Cl/c16-15(14-11-12-14)10-6-2-5-9-13-7-3-1-4-8-13/h1,3-4,7-8,14-15H,2,5-6,9-12H2. The first-order chi connectivity index (χ1) is 7.86. The quantitative estimate of drug-likeness (QED) is 0.471. The summed E-state index contributed by atoms with van der Waals surface area (Å²) in [5, 5.41) is 0.469. The summed E-state index contributed by atoms with van der Waals surface area (Å²) in [6.07, 6.45) is 9.12. The third kappa shape index (κ3) is 4.17. The zero-order chi connectivity index (χ0) is 11.2. The van der Waals surface area contributed by atoms with Gasteiger partial charge in [0.15, 0.2) is 0 Å². The second-order valence-corrected chi connectivity index (χ2v) is 5.50. The van der Waals surface area contributed by atoms with Crippen molar-refractivity contribution in [2.75, 3.05) is 0 Å². The van der Waals surface area contributed by atoms with Gasteiger partial charge in [-0.15, -0.1) is 11.6 Å². The highest BCUT2D eigenvalue weighted by molar-refractivity contribution is 6.20. The maximum absolute atomic E-state index is 6.27. The molecule has 0 N–H and O–H groups in total. The van der Waals surface area contributed by atoms with Gasteiger partial charge in [0.25, 0.3) is 0 Å².